The molecule has 0 saturated heterocycles. The Bertz CT molecular complexity index is 675. The minimum atomic E-state index is 0.209. The third-order valence-electron chi connectivity index (χ3n) is 3.06. The predicted molar refractivity (Wildman–Crippen MR) is 75.4 cm³/mol. The van der Waals surface area contributed by atoms with Crippen LogP contribution in [0.5, 0.6) is 5.75 Å². The second-order valence-corrected chi connectivity index (χ2v) is 4.64. The normalized spacial score (nSPS) is 10.1. The summed E-state index contributed by atoms with van der Waals surface area (Å²) in [6.07, 6.45) is 0. The Balaban J connectivity index is 2.62. The molecular weight excluding hydrogens is 260 g/mol. The van der Waals surface area contributed by atoms with Crippen LogP contribution in [0.3, 0.4) is 0 Å². The van der Waals surface area contributed by atoms with Crippen LogP contribution in [0.4, 0.5) is 0 Å². The Morgan fingerprint density at radius 3 is 2.47 bits per heavy atom. The molecule has 0 bridgehead atoms. The van der Waals surface area contributed by atoms with Crippen LogP contribution in [0.1, 0.15) is 16.7 Å². The fourth-order valence-electron chi connectivity index (χ4n) is 1.83. The van der Waals surface area contributed by atoms with E-state index in [1.54, 1.807) is 19.2 Å². The molecule has 0 unspecified atom stereocenters. The van der Waals surface area contributed by atoms with Crippen LogP contribution in [-0.4, -0.2) is 12.1 Å². The second kappa shape index (κ2) is 5.29. The van der Waals surface area contributed by atoms with Gasteiger partial charge in [0, 0.05) is 5.56 Å². The van der Waals surface area contributed by atoms with E-state index in [-0.39, 0.29) is 5.15 Å². The Kier molecular flexibility index (Phi) is 3.73. The highest BCUT2D eigenvalue weighted by atomic mass is 35.5. The number of aryl methyl sites for hydroxylation is 2. The first-order chi connectivity index (χ1) is 9.06. The van der Waals surface area contributed by atoms with Gasteiger partial charge in [0.2, 0.25) is 0 Å². The summed E-state index contributed by atoms with van der Waals surface area (Å²) >= 11 is 5.97. The van der Waals surface area contributed by atoms with Gasteiger partial charge in [0.1, 0.15) is 17.0 Å². The number of aromatic nitrogens is 1. The van der Waals surface area contributed by atoms with Crippen LogP contribution in [-0.2, 0) is 0 Å². The lowest BCUT2D eigenvalue weighted by Gasteiger charge is -2.11. The number of hydrogen-bond acceptors (Lipinski definition) is 3. The molecule has 19 heavy (non-hydrogen) atoms. The second-order valence-electron chi connectivity index (χ2n) is 4.28. The third kappa shape index (κ3) is 2.54. The highest BCUT2D eigenvalue weighted by Crippen LogP contribution is 2.32. The fourth-order valence-corrected chi connectivity index (χ4v) is 2.02. The van der Waals surface area contributed by atoms with Crippen molar-refractivity contribution in [3.63, 3.8) is 0 Å². The molecule has 2 aromatic rings. The average Bonchev–Trinajstić information content (AvgIpc) is 2.41. The molecule has 0 spiro atoms. The molecular formula is C15H13ClN2O. The number of ether oxygens (including phenoxy) is 1. The van der Waals surface area contributed by atoms with Gasteiger partial charge >= 0.3 is 0 Å². The molecule has 0 atom stereocenters. The standard InChI is InChI=1S/C15H13ClN2O/c1-9-6-12(14(19-3)7-10(9)2)13-5-4-11(8-17)15(16)18-13/h4-7H,1-3H3. The summed E-state index contributed by atoms with van der Waals surface area (Å²) in [6, 6.07) is 9.42. The highest BCUT2D eigenvalue weighted by Gasteiger charge is 2.11. The Morgan fingerprint density at radius 2 is 1.89 bits per heavy atom. The van der Waals surface area contributed by atoms with Crippen molar-refractivity contribution in [2.24, 2.45) is 0 Å². The van der Waals surface area contributed by atoms with E-state index in [4.69, 9.17) is 21.6 Å². The van der Waals surface area contributed by atoms with Gasteiger partial charge in [-0.15, -0.1) is 0 Å². The number of nitrogens with zero attached hydrogens (tertiary/aromatic N) is 2. The van der Waals surface area contributed by atoms with Crippen molar-refractivity contribution in [2.45, 2.75) is 13.8 Å². The van der Waals surface area contributed by atoms with Crippen molar-refractivity contribution in [3.05, 3.63) is 46.1 Å². The van der Waals surface area contributed by atoms with Crippen molar-refractivity contribution in [3.8, 4) is 23.1 Å². The van der Waals surface area contributed by atoms with Crippen LogP contribution in [0, 0.1) is 25.2 Å². The van der Waals surface area contributed by atoms with Crippen molar-refractivity contribution in [1.29, 1.82) is 5.26 Å². The SMILES string of the molecule is COc1cc(C)c(C)cc1-c1ccc(C#N)c(Cl)n1. The van der Waals surface area contributed by atoms with E-state index in [2.05, 4.69) is 4.98 Å². The van der Waals surface area contributed by atoms with Crippen LogP contribution in [0.2, 0.25) is 5.15 Å². The quantitative estimate of drug-likeness (QED) is 0.779. The number of benzene rings is 1. The molecule has 0 aliphatic rings. The zero-order chi connectivity index (χ0) is 14.0. The minimum Gasteiger partial charge on any atom is -0.496 e. The van der Waals surface area contributed by atoms with Gasteiger partial charge in [0.15, 0.2) is 0 Å². The first-order valence-corrected chi connectivity index (χ1v) is 6.17. The van der Waals surface area contributed by atoms with Crippen LogP contribution in [0.15, 0.2) is 24.3 Å². The molecule has 1 aromatic carbocycles. The van der Waals surface area contributed by atoms with Gasteiger partial charge in [0.05, 0.1) is 18.4 Å². The molecule has 0 aliphatic heterocycles. The summed E-state index contributed by atoms with van der Waals surface area (Å²) in [4.78, 5) is 4.26. The van der Waals surface area contributed by atoms with Gasteiger partial charge in [0.25, 0.3) is 0 Å². The Morgan fingerprint density at radius 1 is 1.21 bits per heavy atom. The van der Waals surface area contributed by atoms with Crippen LogP contribution >= 0.6 is 11.6 Å². The van der Waals surface area contributed by atoms with Crippen molar-refractivity contribution in [2.75, 3.05) is 7.11 Å². The highest BCUT2D eigenvalue weighted by molar-refractivity contribution is 6.30. The number of methoxy groups -OCH3 is 1. The molecule has 0 saturated carbocycles. The van der Waals surface area contributed by atoms with Gasteiger partial charge in [-0.1, -0.05) is 11.6 Å². The Hall–Kier alpha value is -2.05. The maximum Gasteiger partial charge on any atom is 0.147 e. The lowest BCUT2D eigenvalue weighted by Crippen LogP contribution is -1.94. The summed E-state index contributed by atoms with van der Waals surface area (Å²) in [7, 11) is 1.62. The monoisotopic (exact) mass is 272 g/mol. The van der Waals surface area contributed by atoms with E-state index in [9.17, 15) is 0 Å². The topological polar surface area (TPSA) is 45.9 Å². The largest absolute Gasteiger partial charge is 0.496 e. The molecule has 0 amide bonds. The average molecular weight is 273 g/mol. The van der Waals surface area contributed by atoms with Crippen molar-refractivity contribution in [1.82, 2.24) is 4.98 Å². The van der Waals surface area contributed by atoms with E-state index < -0.39 is 0 Å². The number of pyridine rings is 1. The van der Waals surface area contributed by atoms with Gasteiger partial charge in [-0.25, -0.2) is 4.98 Å². The lowest BCUT2D eigenvalue weighted by atomic mass is 10.0. The molecule has 2 rings (SSSR count). The van der Waals surface area contributed by atoms with Crippen molar-refractivity contribution < 1.29 is 4.74 Å². The minimum absolute atomic E-state index is 0.209. The summed E-state index contributed by atoms with van der Waals surface area (Å²) < 4.78 is 5.38. The molecule has 3 nitrogen and oxygen atoms in total. The van der Waals surface area contributed by atoms with Gasteiger partial charge in [-0.05, 0) is 49.2 Å². The maximum absolute atomic E-state index is 8.86. The smallest absolute Gasteiger partial charge is 0.147 e. The zero-order valence-corrected chi connectivity index (χ0v) is 11.7. The fraction of sp³-hybridized carbons (Fsp3) is 0.200. The van der Waals surface area contributed by atoms with E-state index in [1.807, 2.05) is 32.0 Å². The van der Waals surface area contributed by atoms with E-state index in [0.717, 1.165) is 22.4 Å². The number of hydrogen-bond donors (Lipinski definition) is 0. The number of rotatable bonds is 2. The molecule has 1 heterocycles. The zero-order valence-electron chi connectivity index (χ0n) is 11.0. The van der Waals surface area contributed by atoms with Crippen molar-refractivity contribution >= 4 is 11.6 Å². The molecule has 1 aromatic heterocycles. The third-order valence-corrected chi connectivity index (χ3v) is 3.35. The van der Waals surface area contributed by atoms with E-state index in [0.29, 0.717) is 11.3 Å². The molecule has 0 aliphatic carbocycles. The lowest BCUT2D eigenvalue weighted by molar-refractivity contribution is 0.416. The first-order valence-electron chi connectivity index (χ1n) is 5.79. The van der Waals surface area contributed by atoms with Crippen LogP contribution in [0.25, 0.3) is 11.3 Å². The Labute approximate surface area is 117 Å². The first kappa shape index (κ1) is 13.4. The number of nitriles is 1. The summed E-state index contributed by atoms with van der Waals surface area (Å²) in [5, 5.41) is 9.07. The number of halogens is 1. The van der Waals surface area contributed by atoms with Gasteiger partial charge in [-0.3, -0.25) is 0 Å². The van der Waals surface area contributed by atoms with Gasteiger partial charge < -0.3 is 4.74 Å². The van der Waals surface area contributed by atoms with E-state index in [1.165, 1.54) is 0 Å². The molecule has 0 radical (unpaired) electrons. The molecule has 4 heteroatoms. The maximum atomic E-state index is 8.86. The predicted octanol–water partition coefficient (Wildman–Crippen LogP) is 3.90. The molecule has 0 N–H and O–H groups in total. The molecule has 96 valence electrons. The van der Waals surface area contributed by atoms with Crippen LogP contribution < -0.4 is 4.74 Å². The summed E-state index contributed by atoms with van der Waals surface area (Å²) in [5.74, 6) is 0.747. The van der Waals surface area contributed by atoms with E-state index >= 15 is 0 Å². The summed E-state index contributed by atoms with van der Waals surface area (Å²) in [5.41, 5.74) is 4.24. The van der Waals surface area contributed by atoms with Gasteiger partial charge in [-0.2, -0.15) is 5.26 Å². The molecule has 0 fully saturated rings. The summed E-state index contributed by atoms with van der Waals surface area (Å²) in [6.45, 7) is 4.06.